The number of rotatable bonds is 6. The molecule has 8 nitrogen and oxygen atoms in total. The summed E-state index contributed by atoms with van der Waals surface area (Å²) in [6.45, 7) is 3.38. The van der Waals surface area contributed by atoms with Crippen LogP contribution in [0.5, 0.6) is 0 Å². The van der Waals surface area contributed by atoms with Gasteiger partial charge < -0.3 is 19.3 Å². The maximum Gasteiger partial charge on any atom is 0.274 e. The Bertz CT molecular complexity index is 858. The first-order valence-electron chi connectivity index (χ1n) is 10.8. The predicted octanol–water partition coefficient (Wildman–Crippen LogP) is 1.77. The standard InChI is InChI=1S/C23H28N4O4/c28-22-16-27(23(29)21-12-24-8-9-25-21)15-20(31-17-19-4-2-1-3-5-19)14-26(22)13-18-6-10-30-11-7-18/h1-5,8-9,12,18,20H,6-7,10-11,13-17H2/t20-/m0/s1. The Morgan fingerprint density at radius 1 is 1.13 bits per heavy atom. The number of aromatic nitrogens is 2. The third-order valence-corrected chi connectivity index (χ3v) is 5.74. The minimum Gasteiger partial charge on any atom is -0.381 e. The molecule has 0 aliphatic carbocycles. The topological polar surface area (TPSA) is 84.9 Å². The number of carbonyl (C=O) groups excluding carboxylic acids is 2. The van der Waals surface area contributed by atoms with E-state index in [0.717, 1.165) is 31.6 Å². The van der Waals surface area contributed by atoms with E-state index in [1.54, 1.807) is 0 Å². The Hall–Kier alpha value is -2.84. The van der Waals surface area contributed by atoms with Crippen molar-refractivity contribution >= 4 is 11.8 Å². The highest BCUT2D eigenvalue weighted by Gasteiger charge is 2.33. The summed E-state index contributed by atoms with van der Waals surface area (Å²) in [5, 5.41) is 0. The highest BCUT2D eigenvalue weighted by atomic mass is 16.5. The largest absolute Gasteiger partial charge is 0.381 e. The smallest absolute Gasteiger partial charge is 0.274 e. The van der Waals surface area contributed by atoms with Crippen LogP contribution in [0.4, 0.5) is 0 Å². The molecular formula is C23H28N4O4. The Balaban J connectivity index is 1.48. The van der Waals surface area contributed by atoms with E-state index in [2.05, 4.69) is 9.97 Å². The zero-order valence-electron chi connectivity index (χ0n) is 17.6. The van der Waals surface area contributed by atoms with Gasteiger partial charge in [-0.2, -0.15) is 0 Å². The van der Waals surface area contributed by atoms with Crippen molar-refractivity contribution in [2.75, 3.05) is 39.4 Å². The minimum absolute atomic E-state index is 0.0177. The van der Waals surface area contributed by atoms with E-state index in [1.807, 2.05) is 35.2 Å². The van der Waals surface area contributed by atoms with Gasteiger partial charge in [-0.1, -0.05) is 30.3 Å². The SMILES string of the molecule is O=C1CN(C(=O)c2cnccn2)C[C@@H](OCc2ccccc2)CN1CC1CCOCC1. The van der Waals surface area contributed by atoms with Gasteiger partial charge in [0, 0.05) is 45.2 Å². The van der Waals surface area contributed by atoms with Crippen LogP contribution >= 0.6 is 0 Å². The molecule has 2 saturated heterocycles. The molecule has 2 aliphatic heterocycles. The van der Waals surface area contributed by atoms with Crippen molar-refractivity contribution in [1.29, 1.82) is 0 Å². The average molecular weight is 425 g/mol. The molecule has 0 N–H and O–H groups in total. The van der Waals surface area contributed by atoms with Gasteiger partial charge >= 0.3 is 0 Å². The first-order chi connectivity index (χ1) is 15.2. The van der Waals surface area contributed by atoms with Crippen LogP contribution in [-0.2, 0) is 20.9 Å². The van der Waals surface area contributed by atoms with Crippen molar-refractivity contribution in [1.82, 2.24) is 19.8 Å². The van der Waals surface area contributed by atoms with Crippen LogP contribution in [0.25, 0.3) is 0 Å². The monoisotopic (exact) mass is 424 g/mol. The van der Waals surface area contributed by atoms with Crippen LogP contribution in [0, 0.1) is 5.92 Å². The molecule has 31 heavy (non-hydrogen) atoms. The summed E-state index contributed by atoms with van der Waals surface area (Å²) < 4.78 is 11.6. The second kappa shape index (κ2) is 10.5. The van der Waals surface area contributed by atoms with Gasteiger partial charge in [0.1, 0.15) is 12.2 Å². The number of hydrogen-bond acceptors (Lipinski definition) is 6. The maximum atomic E-state index is 13.1. The van der Waals surface area contributed by atoms with Crippen LogP contribution in [-0.4, -0.2) is 77.1 Å². The van der Waals surface area contributed by atoms with E-state index in [9.17, 15) is 9.59 Å². The van der Waals surface area contributed by atoms with Crippen LogP contribution in [0.3, 0.4) is 0 Å². The van der Waals surface area contributed by atoms with Crippen LogP contribution in [0.1, 0.15) is 28.9 Å². The normalized spacial score (nSPS) is 20.5. The molecule has 0 radical (unpaired) electrons. The van der Waals surface area contributed by atoms with Crippen molar-refractivity contribution in [3.05, 3.63) is 60.2 Å². The highest BCUT2D eigenvalue weighted by molar-refractivity contribution is 5.95. The first-order valence-corrected chi connectivity index (χ1v) is 10.8. The van der Waals surface area contributed by atoms with Crippen molar-refractivity contribution in [2.45, 2.75) is 25.6 Å². The first kappa shape index (κ1) is 21.4. The third kappa shape index (κ3) is 5.86. The zero-order chi connectivity index (χ0) is 21.5. The van der Waals surface area contributed by atoms with E-state index >= 15 is 0 Å². The zero-order valence-corrected chi connectivity index (χ0v) is 17.6. The molecule has 8 heteroatoms. The molecule has 0 saturated carbocycles. The van der Waals surface area contributed by atoms with Crippen LogP contribution in [0.2, 0.25) is 0 Å². The molecule has 0 bridgehead atoms. The number of benzene rings is 1. The van der Waals surface area contributed by atoms with E-state index in [4.69, 9.17) is 9.47 Å². The fourth-order valence-electron chi connectivity index (χ4n) is 4.02. The molecule has 3 heterocycles. The van der Waals surface area contributed by atoms with Crippen molar-refractivity contribution in [3.63, 3.8) is 0 Å². The number of nitrogens with zero attached hydrogens (tertiary/aromatic N) is 4. The van der Waals surface area contributed by atoms with Gasteiger partial charge in [0.25, 0.3) is 5.91 Å². The summed E-state index contributed by atoms with van der Waals surface area (Å²) in [6, 6.07) is 9.91. The number of amides is 2. The van der Waals surface area contributed by atoms with E-state index < -0.39 is 0 Å². The Kier molecular flexibility index (Phi) is 7.22. The molecule has 0 unspecified atom stereocenters. The van der Waals surface area contributed by atoms with E-state index in [-0.39, 0.29) is 30.2 Å². The quantitative estimate of drug-likeness (QED) is 0.703. The molecule has 1 aromatic carbocycles. The van der Waals surface area contributed by atoms with Gasteiger partial charge in [-0.05, 0) is 24.3 Å². The summed E-state index contributed by atoms with van der Waals surface area (Å²) in [7, 11) is 0. The second-order valence-corrected chi connectivity index (χ2v) is 8.05. The van der Waals surface area contributed by atoms with Gasteiger partial charge in [0.2, 0.25) is 5.91 Å². The summed E-state index contributed by atoms with van der Waals surface area (Å²) in [6.07, 6.45) is 6.03. The van der Waals surface area contributed by atoms with Crippen molar-refractivity contribution in [3.8, 4) is 0 Å². The molecule has 164 valence electrons. The average Bonchev–Trinajstić information content (AvgIpc) is 2.98. The molecule has 1 aromatic heterocycles. The van der Waals surface area contributed by atoms with Gasteiger partial charge in [0.05, 0.1) is 18.9 Å². The lowest BCUT2D eigenvalue weighted by molar-refractivity contribution is -0.132. The molecule has 1 atom stereocenters. The lowest BCUT2D eigenvalue weighted by Crippen LogP contribution is -2.42. The second-order valence-electron chi connectivity index (χ2n) is 8.05. The van der Waals surface area contributed by atoms with Crippen LogP contribution in [0.15, 0.2) is 48.9 Å². The Morgan fingerprint density at radius 2 is 1.94 bits per heavy atom. The summed E-state index contributed by atoms with van der Waals surface area (Å²) in [5.41, 5.74) is 1.29. The van der Waals surface area contributed by atoms with Crippen molar-refractivity contribution < 1.29 is 19.1 Å². The van der Waals surface area contributed by atoms with Gasteiger partial charge in [-0.15, -0.1) is 0 Å². The molecule has 4 rings (SSSR count). The van der Waals surface area contributed by atoms with Gasteiger partial charge in [-0.3, -0.25) is 14.6 Å². The molecule has 2 fully saturated rings. The van der Waals surface area contributed by atoms with Gasteiger partial charge in [0.15, 0.2) is 0 Å². The predicted molar refractivity (Wildman–Crippen MR) is 113 cm³/mol. The lowest BCUT2D eigenvalue weighted by Gasteiger charge is -2.30. The fraction of sp³-hybridized carbons (Fsp3) is 0.478. The molecule has 0 spiro atoms. The summed E-state index contributed by atoms with van der Waals surface area (Å²) >= 11 is 0. The highest BCUT2D eigenvalue weighted by Crippen LogP contribution is 2.19. The molecule has 2 aromatic rings. The Labute approximate surface area is 182 Å². The summed E-state index contributed by atoms with van der Waals surface area (Å²) in [4.78, 5) is 37.5. The van der Waals surface area contributed by atoms with Crippen molar-refractivity contribution in [2.24, 2.45) is 5.92 Å². The minimum atomic E-state index is -0.303. The summed E-state index contributed by atoms with van der Waals surface area (Å²) in [5.74, 6) is 0.0481. The fourth-order valence-corrected chi connectivity index (χ4v) is 4.02. The number of ether oxygens (including phenoxy) is 2. The maximum absolute atomic E-state index is 13.1. The third-order valence-electron chi connectivity index (χ3n) is 5.74. The number of hydrogen-bond donors (Lipinski definition) is 0. The lowest BCUT2D eigenvalue weighted by atomic mass is 9.99. The Morgan fingerprint density at radius 3 is 2.68 bits per heavy atom. The van der Waals surface area contributed by atoms with E-state index in [0.29, 0.717) is 32.2 Å². The molecule has 2 amide bonds. The van der Waals surface area contributed by atoms with Crippen LogP contribution < -0.4 is 0 Å². The number of carbonyl (C=O) groups is 2. The van der Waals surface area contributed by atoms with Gasteiger partial charge in [-0.25, -0.2) is 4.98 Å². The van der Waals surface area contributed by atoms with E-state index in [1.165, 1.54) is 23.5 Å². The molecule has 2 aliphatic rings. The molecular weight excluding hydrogens is 396 g/mol.